The van der Waals surface area contributed by atoms with Crippen molar-refractivity contribution in [3.8, 4) is 0 Å². The highest BCUT2D eigenvalue weighted by molar-refractivity contribution is 6.06. The van der Waals surface area contributed by atoms with E-state index in [2.05, 4.69) is 20.6 Å². The van der Waals surface area contributed by atoms with Crippen LogP contribution in [0.25, 0.3) is 5.65 Å². The first-order valence-electron chi connectivity index (χ1n) is 12.9. The van der Waals surface area contributed by atoms with Crippen LogP contribution in [0.1, 0.15) is 40.4 Å². The van der Waals surface area contributed by atoms with Gasteiger partial charge in [0.2, 0.25) is 0 Å². The minimum absolute atomic E-state index is 0.248. The molecule has 1 atom stereocenters. The second-order valence-electron chi connectivity index (χ2n) is 9.81. The molecule has 2 fully saturated rings. The molecule has 4 aromatic rings. The van der Waals surface area contributed by atoms with Crippen molar-refractivity contribution in [2.75, 3.05) is 42.9 Å². The standard InChI is InChI=1S/C28H29F2N7O/c29-21-7-8-23(30)22(16-21)25-2-1-12-36(25)26-9-13-37-27(34-26)24(17-32-37)33-28(38)20-5-3-19(4-6-20)18-35-14-10-31-11-15-35/h3-9,13,16-17,25,31H,1-2,10-12,14-15,18H2,(H,33,38). The fraction of sp³-hybridized carbons (Fsp3) is 0.321. The summed E-state index contributed by atoms with van der Waals surface area (Å²) in [5, 5.41) is 10.6. The molecule has 0 bridgehead atoms. The largest absolute Gasteiger partial charge is 0.349 e. The van der Waals surface area contributed by atoms with Gasteiger partial charge in [-0.15, -0.1) is 0 Å². The lowest BCUT2D eigenvalue weighted by atomic mass is 10.0. The van der Waals surface area contributed by atoms with E-state index in [1.165, 1.54) is 17.7 Å². The number of hydrogen-bond donors (Lipinski definition) is 2. The number of rotatable bonds is 6. The van der Waals surface area contributed by atoms with Gasteiger partial charge in [0.1, 0.15) is 23.1 Å². The highest BCUT2D eigenvalue weighted by atomic mass is 19.1. The van der Waals surface area contributed by atoms with Gasteiger partial charge >= 0.3 is 0 Å². The number of halogens is 2. The predicted octanol–water partition coefficient (Wildman–Crippen LogP) is 4.01. The maximum Gasteiger partial charge on any atom is 0.255 e. The molecular formula is C28H29F2N7O. The molecule has 2 saturated heterocycles. The first kappa shape index (κ1) is 24.4. The Morgan fingerprint density at radius 1 is 1.05 bits per heavy atom. The van der Waals surface area contributed by atoms with Crippen molar-refractivity contribution in [3.63, 3.8) is 0 Å². The highest BCUT2D eigenvalue weighted by Crippen LogP contribution is 2.37. The van der Waals surface area contributed by atoms with Crippen molar-refractivity contribution in [1.29, 1.82) is 0 Å². The quantitative estimate of drug-likeness (QED) is 0.403. The van der Waals surface area contributed by atoms with Crippen LogP contribution in [0, 0.1) is 11.6 Å². The fourth-order valence-electron chi connectivity index (χ4n) is 5.33. The van der Waals surface area contributed by atoms with Crippen LogP contribution in [0.2, 0.25) is 0 Å². The molecule has 0 saturated carbocycles. The summed E-state index contributed by atoms with van der Waals surface area (Å²) in [6.45, 7) is 5.55. The van der Waals surface area contributed by atoms with Gasteiger partial charge in [0, 0.05) is 56.6 Å². The molecular weight excluding hydrogens is 488 g/mol. The normalized spacial score (nSPS) is 18.3. The second kappa shape index (κ2) is 10.5. The van der Waals surface area contributed by atoms with Gasteiger partial charge in [-0.1, -0.05) is 12.1 Å². The monoisotopic (exact) mass is 517 g/mol. The van der Waals surface area contributed by atoms with E-state index in [1.54, 1.807) is 23.0 Å². The van der Waals surface area contributed by atoms with Gasteiger partial charge in [-0.25, -0.2) is 18.3 Å². The maximum absolute atomic E-state index is 14.5. The smallest absolute Gasteiger partial charge is 0.255 e. The van der Waals surface area contributed by atoms with Crippen LogP contribution in [-0.2, 0) is 6.54 Å². The lowest BCUT2D eigenvalue weighted by Gasteiger charge is -2.27. The summed E-state index contributed by atoms with van der Waals surface area (Å²) in [5.74, 6) is -0.520. The average molecular weight is 518 g/mol. The molecule has 2 aliphatic rings. The maximum atomic E-state index is 14.5. The highest BCUT2D eigenvalue weighted by Gasteiger charge is 2.30. The Morgan fingerprint density at radius 2 is 1.87 bits per heavy atom. The second-order valence-corrected chi connectivity index (χ2v) is 9.81. The summed E-state index contributed by atoms with van der Waals surface area (Å²) in [5.41, 5.74) is 3.00. The minimum Gasteiger partial charge on any atom is -0.349 e. The number of anilines is 2. The van der Waals surface area contributed by atoms with Gasteiger partial charge in [0.05, 0.1) is 12.2 Å². The lowest BCUT2D eigenvalue weighted by molar-refractivity contribution is 0.102. The van der Waals surface area contributed by atoms with E-state index in [0.717, 1.165) is 45.2 Å². The van der Waals surface area contributed by atoms with Gasteiger partial charge in [0.25, 0.3) is 5.91 Å². The van der Waals surface area contributed by atoms with Crippen LogP contribution in [0.15, 0.2) is 60.9 Å². The number of carbonyl (C=O) groups is 1. The number of hydrogen-bond acceptors (Lipinski definition) is 6. The first-order chi connectivity index (χ1) is 18.5. The molecule has 196 valence electrons. The number of benzene rings is 2. The molecule has 0 radical (unpaired) electrons. The summed E-state index contributed by atoms with van der Waals surface area (Å²) >= 11 is 0. The molecule has 2 aromatic carbocycles. The van der Waals surface area contributed by atoms with E-state index < -0.39 is 11.6 Å². The Bertz CT molecular complexity index is 1450. The average Bonchev–Trinajstić information content (AvgIpc) is 3.58. The van der Waals surface area contributed by atoms with E-state index in [4.69, 9.17) is 4.98 Å². The summed E-state index contributed by atoms with van der Waals surface area (Å²) < 4.78 is 30.0. The molecule has 10 heteroatoms. The Kier molecular flexibility index (Phi) is 6.73. The van der Waals surface area contributed by atoms with E-state index in [1.807, 2.05) is 29.2 Å². The van der Waals surface area contributed by atoms with Gasteiger partial charge in [0.15, 0.2) is 5.65 Å². The van der Waals surface area contributed by atoms with E-state index in [0.29, 0.717) is 41.2 Å². The van der Waals surface area contributed by atoms with Crippen LogP contribution in [0.3, 0.4) is 0 Å². The molecule has 4 heterocycles. The Labute approximate surface area is 219 Å². The molecule has 38 heavy (non-hydrogen) atoms. The zero-order valence-corrected chi connectivity index (χ0v) is 20.9. The van der Waals surface area contributed by atoms with Crippen molar-refractivity contribution in [2.24, 2.45) is 0 Å². The molecule has 0 spiro atoms. The SMILES string of the molecule is O=C(Nc1cnn2ccc(N3CCCC3c3cc(F)ccc3F)nc12)c1ccc(CN2CCNCC2)cc1. The van der Waals surface area contributed by atoms with Crippen LogP contribution in [-0.4, -0.2) is 58.1 Å². The van der Waals surface area contributed by atoms with Gasteiger partial charge < -0.3 is 15.5 Å². The number of fused-ring (bicyclic) bond motifs is 1. The fourth-order valence-corrected chi connectivity index (χ4v) is 5.33. The summed E-state index contributed by atoms with van der Waals surface area (Å²) in [6.07, 6.45) is 4.85. The molecule has 8 nitrogen and oxygen atoms in total. The van der Waals surface area contributed by atoms with Crippen molar-refractivity contribution < 1.29 is 13.6 Å². The van der Waals surface area contributed by atoms with E-state index in [9.17, 15) is 13.6 Å². The van der Waals surface area contributed by atoms with Crippen molar-refractivity contribution in [1.82, 2.24) is 24.8 Å². The third kappa shape index (κ3) is 4.97. The van der Waals surface area contributed by atoms with Crippen LogP contribution < -0.4 is 15.5 Å². The van der Waals surface area contributed by atoms with Gasteiger partial charge in [-0.2, -0.15) is 5.10 Å². The molecule has 6 rings (SSSR count). The molecule has 2 N–H and O–H groups in total. The molecule has 1 unspecified atom stereocenters. The molecule has 2 aromatic heterocycles. The first-order valence-corrected chi connectivity index (χ1v) is 12.9. The summed E-state index contributed by atoms with van der Waals surface area (Å²) in [4.78, 5) is 22.1. The third-order valence-corrected chi connectivity index (χ3v) is 7.30. The third-order valence-electron chi connectivity index (χ3n) is 7.30. The number of amides is 1. The van der Waals surface area contributed by atoms with Crippen LogP contribution >= 0.6 is 0 Å². The minimum atomic E-state index is -0.464. The number of aromatic nitrogens is 3. The zero-order valence-electron chi connectivity index (χ0n) is 20.9. The van der Waals surface area contributed by atoms with Crippen LogP contribution in [0.5, 0.6) is 0 Å². The number of nitrogens with one attached hydrogen (secondary N) is 2. The van der Waals surface area contributed by atoms with Crippen molar-refractivity contribution in [3.05, 3.63) is 89.2 Å². The van der Waals surface area contributed by atoms with E-state index >= 15 is 0 Å². The lowest BCUT2D eigenvalue weighted by Crippen LogP contribution is -2.42. The molecule has 0 aliphatic carbocycles. The van der Waals surface area contributed by atoms with Crippen molar-refractivity contribution in [2.45, 2.75) is 25.4 Å². The van der Waals surface area contributed by atoms with Crippen LogP contribution in [0.4, 0.5) is 20.3 Å². The number of piperazine rings is 1. The summed E-state index contributed by atoms with van der Waals surface area (Å²) in [6, 6.07) is 12.7. The Morgan fingerprint density at radius 3 is 2.68 bits per heavy atom. The van der Waals surface area contributed by atoms with E-state index in [-0.39, 0.29) is 11.9 Å². The number of carbonyl (C=O) groups excluding carboxylic acids is 1. The topological polar surface area (TPSA) is 77.8 Å². The molecule has 1 amide bonds. The number of nitrogens with zero attached hydrogens (tertiary/aromatic N) is 5. The van der Waals surface area contributed by atoms with Gasteiger partial charge in [-0.05, 0) is 54.8 Å². The summed E-state index contributed by atoms with van der Waals surface area (Å²) in [7, 11) is 0. The predicted molar refractivity (Wildman–Crippen MR) is 141 cm³/mol. The van der Waals surface area contributed by atoms with Crippen molar-refractivity contribution >= 4 is 23.1 Å². The molecule has 2 aliphatic heterocycles. The zero-order chi connectivity index (χ0) is 26.1. The Balaban J connectivity index is 1.20. The van der Waals surface area contributed by atoms with Gasteiger partial charge in [-0.3, -0.25) is 9.69 Å². The Hall–Kier alpha value is -3.89.